The molecule has 2 aliphatic heterocycles. The minimum absolute atomic E-state index is 0.0404. The number of rotatable bonds is 8. The van der Waals surface area contributed by atoms with Gasteiger partial charge in [0.25, 0.3) is 0 Å². The lowest BCUT2D eigenvalue weighted by atomic mass is 10.1. The van der Waals surface area contributed by atoms with Crippen LogP contribution in [-0.2, 0) is 11.3 Å². The summed E-state index contributed by atoms with van der Waals surface area (Å²) in [7, 11) is 2.17. The number of piperazine rings is 1. The monoisotopic (exact) mass is 551 g/mol. The van der Waals surface area contributed by atoms with Gasteiger partial charge in [-0.25, -0.2) is 4.98 Å². The number of anilines is 4. The first-order valence-electron chi connectivity index (χ1n) is 14.3. The fraction of sp³-hybridized carbons (Fsp3) is 0.355. The maximum Gasteiger partial charge on any atom is 0.246 e. The zero-order chi connectivity index (χ0) is 28.2. The van der Waals surface area contributed by atoms with Crippen molar-refractivity contribution in [2.45, 2.75) is 25.4 Å². The van der Waals surface area contributed by atoms with Crippen molar-refractivity contribution in [2.24, 2.45) is 0 Å². The Morgan fingerprint density at radius 2 is 1.80 bits per heavy atom. The number of carbonyl (C=O) groups is 1. The Bertz CT molecular complexity index is 1490. The molecule has 1 atom stereocenters. The molecular formula is C31H37N9O. The van der Waals surface area contributed by atoms with Gasteiger partial charge in [0.1, 0.15) is 0 Å². The minimum Gasteiger partial charge on any atom is -0.369 e. The molecule has 4 aromatic rings. The van der Waals surface area contributed by atoms with Crippen LogP contribution in [0.15, 0.2) is 73.6 Å². The maximum absolute atomic E-state index is 12.3. The van der Waals surface area contributed by atoms with Gasteiger partial charge in [0.05, 0.1) is 12.4 Å². The van der Waals surface area contributed by atoms with E-state index in [9.17, 15) is 4.79 Å². The summed E-state index contributed by atoms with van der Waals surface area (Å²) in [5.74, 6) is 1.13. The van der Waals surface area contributed by atoms with Crippen molar-refractivity contribution in [3.8, 4) is 0 Å². The van der Waals surface area contributed by atoms with E-state index in [-0.39, 0.29) is 11.9 Å². The first-order chi connectivity index (χ1) is 20.1. The number of hydrogen-bond acceptors (Lipinski definition) is 8. The number of hydrogen-bond donors (Lipinski definition) is 2. The van der Waals surface area contributed by atoms with E-state index in [4.69, 9.17) is 15.0 Å². The fourth-order valence-corrected chi connectivity index (χ4v) is 5.60. The van der Waals surface area contributed by atoms with Crippen LogP contribution in [0.3, 0.4) is 0 Å². The van der Waals surface area contributed by atoms with E-state index in [1.54, 1.807) is 0 Å². The number of piperidine rings is 1. The minimum atomic E-state index is -0.0404. The third-order valence-corrected chi connectivity index (χ3v) is 7.99. The molecule has 0 radical (unpaired) electrons. The molecule has 10 heteroatoms. The molecule has 2 aliphatic rings. The molecule has 4 heterocycles. The summed E-state index contributed by atoms with van der Waals surface area (Å²) in [4.78, 5) is 33.5. The van der Waals surface area contributed by atoms with Crippen LogP contribution in [0.1, 0.15) is 24.4 Å². The van der Waals surface area contributed by atoms with Crippen LogP contribution < -0.4 is 15.5 Å². The number of amides is 1. The molecule has 41 heavy (non-hydrogen) atoms. The summed E-state index contributed by atoms with van der Waals surface area (Å²) in [6, 6.07) is 18.8. The van der Waals surface area contributed by atoms with Crippen LogP contribution in [0.5, 0.6) is 0 Å². The van der Waals surface area contributed by atoms with E-state index in [1.807, 2.05) is 29.4 Å². The third kappa shape index (κ3) is 6.02. The predicted molar refractivity (Wildman–Crippen MR) is 164 cm³/mol. The Balaban J connectivity index is 1.28. The molecule has 2 N–H and O–H groups in total. The smallest absolute Gasteiger partial charge is 0.246 e. The molecule has 0 aliphatic carbocycles. The standard InChI is InChI=1S/C31H37N9O/c1-3-27(41)39-15-7-10-26(21-39)40-22-33-28-29(32-20-23-8-5-4-6-9-23)35-31(36-30(28)40)34-24-11-13-25(14-12-24)38-18-16-37(2)17-19-38/h3-6,8-9,11-14,22,26H,1,7,10,15-21H2,2H3,(H2,32,34,35,36). The molecule has 2 fully saturated rings. The molecule has 1 unspecified atom stereocenters. The van der Waals surface area contributed by atoms with Crippen LogP contribution in [0, 0.1) is 0 Å². The lowest BCUT2D eigenvalue weighted by Crippen LogP contribution is -2.44. The second-order valence-electron chi connectivity index (χ2n) is 10.8. The molecular weight excluding hydrogens is 514 g/mol. The molecule has 6 rings (SSSR count). The quantitative estimate of drug-likeness (QED) is 0.314. The second kappa shape index (κ2) is 12.0. The second-order valence-corrected chi connectivity index (χ2v) is 10.8. The SMILES string of the molecule is C=CC(=O)N1CCCC(n2cnc3c(NCc4ccccc4)nc(Nc4ccc(N5CCN(C)CC5)cc4)nc32)C1. The van der Waals surface area contributed by atoms with Crippen molar-refractivity contribution in [1.82, 2.24) is 29.3 Å². The van der Waals surface area contributed by atoms with Crippen molar-refractivity contribution >= 4 is 40.2 Å². The Morgan fingerprint density at radius 3 is 2.56 bits per heavy atom. The molecule has 2 aromatic carbocycles. The van der Waals surface area contributed by atoms with Crippen LogP contribution in [0.2, 0.25) is 0 Å². The summed E-state index contributed by atoms with van der Waals surface area (Å²) in [5.41, 5.74) is 4.75. The first-order valence-corrected chi connectivity index (χ1v) is 14.3. The summed E-state index contributed by atoms with van der Waals surface area (Å²) >= 11 is 0. The van der Waals surface area contributed by atoms with Crippen LogP contribution >= 0.6 is 0 Å². The van der Waals surface area contributed by atoms with Gasteiger partial charge < -0.3 is 29.9 Å². The maximum atomic E-state index is 12.3. The van der Waals surface area contributed by atoms with Crippen molar-refractivity contribution in [2.75, 3.05) is 61.8 Å². The van der Waals surface area contributed by atoms with Gasteiger partial charge in [-0.05, 0) is 55.8 Å². The number of likely N-dealkylation sites (N-methyl/N-ethyl adjacent to an activating group) is 1. The number of fused-ring (bicyclic) bond motifs is 1. The zero-order valence-electron chi connectivity index (χ0n) is 23.5. The number of imidazole rings is 1. The number of carbonyl (C=O) groups excluding carboxylic acids is 1. The van der Waals surface area contributed by atoms with E-state index < -0.39 is 0 Å². The Kier molecular flexibility index (Phi) is 7.82. The summed E-state index contributed by atoms with van der Waals surface area (Å²) < 4.78 is 2.09. The van der Waals surface area contributed by atoms with Gasteiger partial charge in [0.15, 0.2) is 17.0 Å². The molecule has 10 nitrogen and oxygen atoms in total. The molecule has 1 amide bonds. The number of likely N-dealkylation sites (tertiary alicyclic amines) is 1. The van der Waals surface area contributed by atoms with Crippen molar-refractivity contribution in [3.63, 3.8) is 0 Å². The van der Waals surface area contributed by atoms with E-state index in [1.165, 1.54) is 11.8 Å². The van der Waals surface area contributed by atoms with Crippen molar-refractivity contribution < 1.29 is 4.79 Å². The highest BCUT2D eigenvalue weighted by atomic mass is 16.2. The molecule has 0 bridgehead atoms. The highest BCUT2D eigenvalue weighted by Gasteiger charge is 2.26. The number of benzene rings is 2. The fourth-order valence-electron chi connectivity index (χ4n) is 5.60. The van der Waals surface area contributed by atoms with E-state index in [0.717, 1.165) is 62.5 Å². The van der Waals surface area contributed by atoms with Gasteiger partial charge in [0, 0.05) is 57.2 Å². The third-order valence-electron chi connectivity index (χ3n) is 7.99. The van der Waals surface area contributed by atoms with Crippen LogP contribution in [0.4, 0.5) is 23.1 Å². The lowest BCUT2D eigenvalue weighted by molar-refractivity contribution is -0.127. The van der Waals surface area contributed by atoms with Crippen LogP contribution in [0.25, 0.3) is 11.2 Å². The van der Waals surface area contributed by atoms with Crippen molar-refractivity contribution in [1.29, 1.82) is 0 Å². The average Bonchev–Trinajstić information content (AvgIpc) is 3.45. The number of aromatic nitrogens is 4. The van der Waals surface area contributed by atoms with Gasteiger partial charge in [0.2, 0.25) is 11.9 Å². The van der Waals surface area contributed by atoms with E-state index in [2.05, 4.69) is 75.0 Å². The Morgan fingerprint density at radius 1 is 1.02 bits per heavy atom. The van der Waals surface area contributed by atoms with E-state index >= 15 is 0 Å². The molecule has 2 aromatic heterocycles. The lowest BCUT2D eigenvalue weighted by Gasteiger charge is -2.34. The molecule has 212 valence electrons. The van der Waals surface area contributed by atoms with Gasteiger partial charge in [-0.1, -0.05) is 36.9 Å². The molecule has 0 saturated carbocycles. The average molecular weight is 552 g/mol. The van der Waals surface area contributed by atoms with Gasteiger partial charge >= 0.3 is 0 Å². The highest BCUT2D eigenvalue weighted by molar-refractivity contribution is 5.87. The van der Waals surface area contributed by atoms with Crippen molar-refractivity contribution in [3.05, 3.63) is 79.1 Å². The number of nitrogens with zero attached hydrogens (tertiary/aromatic N) is 7. The molecule has 0 spiro atoms. The predicted octanol–water partition coefficient (Wildman–Crippen LogP) is 4.28. The largest absolute Gasteiger partial charge is 0.369 e. The first kappa shape index (κ1) is 26.8. The summed E-state index contributed by atoms with van der Waals surface area (Å²) in [5, 5.41) is 6.90. The summed E-state index contributed by atoms with van der Waals surface area (Å²) in [6.07, 6.45) is 5.08. The Hall–Kier alpha value is -4.44. The van der Waals surface area contributed by atoms with Crippen LogP contribution in [-0.4, -0.2) is 81.5 Å². The highest BCUT2D eigenvalue weighted by Crippen LogP contribution is 2.30. The van der Waals surface area contributed by atoms with Gasteiger partial charge in [-0.2, -0.15) is 9.97 Å². The topological polar surface area (TPSA) is 94.4 Å². The van der Waals surface area contributed by atoms with E-state index in [0.29, 0.717) is 30.4 Å². The number of nitrogens with one attached hydrogen (secondary N) is 2. The molecule has 2 saturated heterocycles. The van der Waals surface area contributed by atoms with Gasteiger partial charge in [-0.3, -0.25) is 4.79 Å². The zero-order valence-corrected chi connectivity index (χ0v) is 23.5. The normalized spacial score (nSPS) is 17.9. The van der Waals surface area contributed by atoms with Gasteiger partial charge in [-0.15, -0.1) is 0 Å². The summed E-state index contributed by atoms with van der Waals surface area (Å²) in [6.45, 7) is 9.82. The Labute approximate surface area is 240 Å².